The third-order valence-electron chi connectivity index (χ3n) is 3.00. The van der Waals surface area contributed by atoms with Gasteiger partial charge in [0, 0.05) is 36.7 Å². The number of nitrogens with one attached hydrogen (secondary N) is 1. The van der Waals surface area contributed by atoms with Crippen molar-refractivity contribution in [3.63, 3.8) is 0 Å². The average Bonchev–Trinajstić information content (AvgIpc) is 2.94. The lowest BCUT2D eigenvalue weighted by Crippen LogP contribution is -2.19. The SMILES string of the molecule is C=Cn1cc(CNc2ccc(OCCN(C)C)cc2)cn1. The van der Waals surface area contributed by atoms with Gasteiger partial charge in [0.05, 0.1) is 6.20 Å². The molecule has 0 spiro atoms. The van der Waals surface area contributed by atoms with Crippen LogP contribution in [0, 0.1) is 0 Å². The Bertz CT molecular complexity index is 560. The predicted molar refractivity (Wildman–Crippen MR) is 86.4 cm³/mol. The molecule has 0 aliphatic heterocycles. The maximum absolute atomic E-state index is 5.66. The van der Waals surface area contributed by atoms with Crippen molar-refractivity contribution in [1.82, 2.24) is 14.7 Å². The lowest BCUT2D eigenvalue weighted by atomic mass is 10.3. The molecule has 0 fully saturated rings. The van der Waals surface area contributed by atoms with E-state index in [2.05, 4.69) is 21.9 Å². The van der Waals surface area contributed by atoms with Crippen molar-refractivity contribution in [2.24, 2.45) is 0 Å². The second-order valence-corrected chi connectivity index (χ2v) is 5.04. The minimum Gasteiger partial charge on any atom is -0.492 e. The summed E-state index contributed by atoms with van der Waals surface area (Å²) in [5, 5.41) is 7.49. The van der Waals surface area contributed by atoms with Gasteiger partial charge in [0.25, 0.3) is 0 Å². The van der Waals surface area contributed by atoms with Gasteiger partial charge in [0.15, 0.2) is 0 Å². The molecule has 21 heavy (non-hydrogen) atoms. The predicted octanol–water partition coefficient (Wildman–Crippen LogP) is 2.54. The van der Waals surface area contributed by atoms with Gasteiger partial charge in [-0.1, -0.05) is 6.58 Å². The number of anilines is 1. The van der Waals surface area contributed by atoms with Crippen LogP contribution in [-0.4, -0.2) is 41.9 Å². The van der Waals surface area contributed by atoms with E-state index in [0.29, 0.717) is 6.61 Å². The van der Waals surface area contributed by atoms with Crippen LogP contribution in [0.4, 0.5) is 5.69 Å². The van der Waals surface area contributed by atoms with Crippen LogP contribution >= 0.6 is 0 Å². The Hall–Kier alpha value is -2.27. The number of hydrogen-bond acceptors (Lipinski definition) is 4. The number of aromatic nitrogens is 2. The molecule has 0 atom stereocenters. The molecule has 0 aliphatic carbocycles. The highest BCUT2D eigenvalue weighted by atomic mass is 16.5. The number of rotatable bonds is 8. The molecule has 0 saturated heterocycles. The van der Waals surface area contributed by atoms with Gasteiger partial charge in [-0.05, 0) is 38.4 Å². The van der Waals surface area contributed by atoms with Crippen molar-refractivity contribution < 1.29 is 4.74 Å². The first-order valence-electron chi connectivity index (χ1n) is 6.94. The van der Waals surface area contributed by atoms with E-state index >= 15 is 0 Å². The van der Waals surface area contributed by atoms with Crippen LogP contribution in [0.3, 0.4) is 0 Å². The molecule has 1 aromatic heterocycles. The van der Waals surface area contributed by atoms with Crippen LogP contribution in [0.15, 0.2) is 43.2 Å². The highest BCUT2D eigenvalue weighted by molar-refractivity contribution is 5.46. The maximum Gasteiger partial charge on any atom is 0.119 e. The summed E-state index contributed by atoms with van der Waals surface area (Å²) in [6.45, 7) is 6.01. The van der Waals surface area contributed by atoms with Gasteiger partial charge in [-0.15, -0.1) is 0 Å². The van der Waals surface area contributed by atoms with Crippen LogP contribution in [-0.2, 0) is 6.54 Å². The first-order valence-corrected chi connectivity index (χ1v) is 6.94. The first-order chi connectivity index (χ1) is 10.2. The van der Waals surface area contributed by atoms with Gasteiger partial charge in [0.2, 0.25) is 0 Å². The van der Waals surface area contributed by atoms with Crippen LogP contribution in [0.5, 0.6) is 5.75 Å². The topological polar surface area (TPSA) is 42.3 Å². The van der Waals surface area contributed by atoms with Gasteiger partial charge in [-0.2, -0.15) is 5.10 Å². The summed E-state index contributed by atoms with van der Waals surface area (Å²) in [5.41, 5.74) is 2.17. The lowest BCUT2D eigenvalue weighted by Gasteiger charge is -2.11. The van der Waals surface area contributed by atoms with E-state index in [1.54, 1.807) is 10.9 Å². The summed E-state index contributed by atoms with van der Waals surface area (Å²) >= 11 is 0. The molecule has 1 N–H and O–H groups in total. The average molecular weight is 286 g/mol. The quantitative estimate of drug-likeness (QED) is 0.810. The van der Waals surface area contributed by atoms with Crippen molar-refractivity contribution >= 4 is 11.9 Å². The minimum atomic E-state index is 0.695. The van der Waals surface area contributed by atoms with Gasteiger partial charge < -0.3 is 15.0 Å². The van der Waals surface area contributed by atoms with Crippen LogP contribution in [0.1, 0.15) is 5.56 Å². The molecule has 0 amide bonds. The molecule has 5 nitrogen and oxygen atoms in total. The van der Waals surface area contributed by atoms with E-state index in [1.165, 1.54) is 0 Å². The van der Waals surface area contributed by atoms with Crippen molar-refractivity contribution in [2.45, 2.75) is 6.54 Å². The van der Waals surface area contributed by atoms with E-state index in [-0.39, 0.29) is 0 Å². The van der Waals surface area contributed by atoms with E-state index < -0.39 is 0 Å². The molecule has 0 bridgehead atoms. The van der Waals surface area contributed by atoms with Gasteiger partial charge in [-0.3, -0.25) is 0 Å². The summed E-state index contributed by atoms with van der Waals surface area (Å²) in [7, 11) is 4.07. The lowest BCUT2D eigenvalue weighted by molar-refractivity contribution is 0.261. The Balaban J connectivity index is 1.80. The summed E-state index contributed by atoms with van der Waals surface area (Å²) < 4.78 is 7.35. The number of ether oxygens (including phenoxy) is 1. The van der Waals surface area contributed by atoms with Crippen molar-refractivity contribution in [3.05, 3.63) is 48.8 Å². The fraction of sp³-hybridized carbons (Fsp3) is 0.312. The Kier molecular flexibility index (Phi) is 5.40. The third-order valence-corrected chi connectivity index (χ3v) is 3.00. The van der Waals surface area contributed by atoms with Crippen LogP contribution in [0.25, 0.3) is 6.20 Å². The molecule has 0 saturated carbocycles. The molecule has 1 aromatic carbocycles. The highest BCUT2D eigenvalue weighted by Gasteiger charge is 1.99. The zero-order chi connectivity index (χ0) is 15.1. The zero-order valence-electron chi connectivity index (χ0n) is 12.6. The third kappa shape index (κ3) is 4.96. The van der Waals surface area contributed by atoms with E-state index in [9.17, 15) is 0 Å². The summed E-state index contributed by atoms with van der Waals surface area (Å²) in [6, 6.07) is 7.99. The van der Waals surface area contributed by atoms with E-state index in [0.717, 1.165) is 30.1 Å². The molecular formula is C16H22N4O. The normalized spacial score (nSPS) is 10.6. The summed E-state index contributed by atoms with van der Waals surface area (Å²) in [5.74, 6) is 0.891. The second-order valence-electron chi connectivity index (χ2n) is 5.04. The molecule has 2 aromatic rings. The Labute approximate surface area is 125 Å². The molecule has 0 aliphatic rings. The molecule has 0 radical (unpaired) electrons. The largest absolute Gasteiger partial charge is 0.492 e. The van der Waals surface area contributed by atoms with Crippen LogP contribution < -0.4 is 10.1 Å². The monoisotopic (exact) mass is 286 g/mol. The van der Waals surface area contributed by atoms with Gasteiger partial charge in [-0.25, -0.2) is 4.68 Å². The smallest absolute Gasteiger partial charge is 0.119 e. The van der Waals surface area contributed by atoms with E-state index in [1.807, 2.05) is 50.8 Å². The molecule has 112 valence electrons. The number of hydrogen-bond donors (Lipinski definition) is 1. The highest BCUT2D eigenvalue weighted by Crippen LogP contribution is 2.16. The Morgan fingerprint density at radius 1 is 1.33 bits per heavy atom. The zero-order valence-corrected chi connectivity index (χ0v) is 12.6. The molecule has 1 heterocycles. The van der Waals surface area contributed by atoms with Crippen LogP contribution in [0.2, 0.25) is 0 Å². The van der Waals surface area contributed by atoms with Crippen molar-refractivity contribution in [1.29, 1.82) is 0 Å². The fourth-order valence-electron chi connectivity index (χ4n) is 1.79. The van der Waals surface area contributed by atoms with E-state index in [4.69, 9.17) is 4.74 Å². The standard InChI is InChI=1S/C16H22N4O/c1-4-20-13-14(12-18-20)11-17-15-5-7-16(8-6-15)21-10-9-19(2)3/h4-8,12-13,17H,1,9-11H2,2-3H3. The summed E-state index contributed by atoms with van der Waals surface area (Å²) in [6.07, 6.45) is 5.44. The molecule has 0 unspecified atom stereocenters. The van der Waals surface area contributed by atoms with Gasteiger partial charge >= 0.3 is 0 Å². The second kappa shape index (κ2) is 7.50. The molecule has 5 heteroatoms. The Morgan fingerprint density at radius 3 is 2.71 bits per heavy atom. The first kappa shape index (κ1) is 15.1. The fourth-order valence-corrected chi connectivity index (χ4v) is 1.79. The molecule has 2 rings (SSSR count). The van der Waals surface area contributed by atoms with Crippen molar-refractivity contribution in [3.8, 4) is 5.75 Å². The minimum absolute atomic E-state index is 0.695. The maximum atomic E-state index is 5.66. The van der Waals surface area contributed by atoms with Gasteiger partial charge in [0.1, 0.15) is 12.4 Å². The van der Waals surface area contributed by atoms with Crippen molar-refractivity contribution in [2.75, 3.05) is 32.6 Å². The number of likely N-dealkylation sites (N-methyl/N-ethyl adjacent to an activating group) is 1. The number of benzene rings is 1. The molecular weight excluding hydrogens is 264 g/mol. The Morgan fingerprint density at radius 2 is 2.10 bits per heavy atom. The summed E-state index contributed by atoms with van der Waals surface area (Å²) in [4.78, 5) is 2.10. The number of nitrogens with zero attached hydrogens (tertiary/aromatic N) is 3.